The highest BCUT2D eigenvalue weighted by molar-refractivity contribution is 14.0. The number of hydrogen-bond donors (Lipinski definition) is 2. The standard InChI is InChI=1S/C16H21N3.HI/c1-3-10-18-16(17-4-2)19-12-13-8-9-14-6-5-7-15(14)11-13;/h1,8-9,11H,4-7,10,12H2,2H3,(H2,17,18,19);1H. The first-order valence-electron chi connectivity index (χ1n) is 6.89. The highest BCUT2D eigenvalue weighted by Crippen LogP contribution is 2.22. The van der Waals surface area contributed by atoms with Gasteiger partial charge in [-0.3, -0.25) is 0 Å². The molecule has 0 radical (unpaired) electrons. The Morgan fingerprint density at radius 1 is 1.30 bits per heavy atom. The van der Waals surface area contributed by atoms with Crippen molar-refractivity contribution in [2.45, 2.75) is 32.7 Å². The Bertz CT molecular complexity index is 503. The van der Waals surface area contributed by atoms with Gasteiger partial charge in [0.15, 0.2) is 5.96 Å². The molecule has 0 fully saturated rings. The Morgan fingerprint density at radius 2 is 2.10 bits per heavy atom. The number of rotatable bonds is 4. The van der Waals surface area contributed by atoms with E-state index < -0.39 is 0 Å². The third-order valence-electron chi connectivity index (χ3n) is 3.28. The number of halogens is 1. The van der Waals surface area contributed by atoms with Crippen LogP contribution in [0.3, 0.4) is 0 Å². The Morgan fingerprint density at radius 3 is 2.85 bits per heavy atom. The van der Waals surface area contributed by atoms with Gasteiger partial charge in [0.1, 0.15) is 0 Å². The van der Waals surface area contributed by atoms with Gasteiger partial charge in [0, 0.05) is 6.54 Å². The first-order chi connectivity index (χ1) is 9.33. The molecule has 0 aromatic heterocycles. The van der Waals surface area contributed by atoms with Crippen molar-refractivity contribution in [3.8, 4) is 12.3 Å². The summed E-state index contributed by atoms with van der Waals surface area (Å²) in [6.45, 7) is 4.06. The van der Waals surface area contributed by atoms with Gasteiger partial charge in [-0.1, -0.05) is 24.1 Å². The molecule has 0 amide bonds. The zero-order chi connectivity index (χ0) is 13.5. The van der Waals surface area contributed by atoms with Crippen LogP contribution in [0, 0.1) is 12.3 Å². The molecule has 2 N–H and O–H groups in total. The maximum Gasteiger partial charge on any atom is 0.192 e. The molecule has 108 valence electrons. The molecule has 0 bridgehead atoms. The first kappa shape index (κ1) is 16.8. The molecular weight excluding hydrogens is 361 g/mol. The van der Waals surface area contributed by atoms with Gasteiger partial charge in [0.05, 0.1) is 13.1 Å². The number of terminal acetylenes is 1. The highest BCUT2D eigenvalue weighted by atomic mass is 127. The Kier molecular flexibility index (Phi) is 7.45. The average Bonchev–Trinajstić information content (AvgIpc) is 2.89. The van der Waals surface area contributed by atoms with Crippen molar-refractivity contribution in [1.29, 1.82) is 0 Å². The van der Waals surface area contributed by atoms with Crippen molar-refractivity contribution in [2.24, 2.45) is 4.99 Å². The number of guanidine groups is 1. The zero-order valence-electron chi connectivity index (χ0n) is 11.9. The Hall–Kier alpha value is -1.22. The molecule has 0 unspecified atom stereocenters. The van der Waals surface area contributed by atoms with Crippen LogP contribution in [-0.4, -0.2) is 19.0 Å². The predicted octanol–water partition coefficient (Wildman–Crippen LogP) is 2.48. The number of nitrogens with zero attached hydrogens (tertiary/aromatic N) is 1. The average molecular weight is 383 g/mol. The maximum absolute atomic E-state index is 5.25. The van der Waals surface area contributed by atoms with E-state index in [2.05, 4.69) is 39.7 Å². The van der Waals surface area contributed by atoms with Gasteiger partial charge in [-0.05, 0) is 42.9 Å². The summed E-state index contributed by atoms with van der Waals surface area (Å²) in [5, 5.41) is 6.28. The zero-order valence-corrected chi connectivity index (χ0v) is 14.2. The summed E-state index contributed by atoms with van der Waals surface area (Å²) in [6.07, 6.45) is 8.97. The van der Waals surface area contributed by atoms with Crippen LogP contribution in [0.1, 0.15) is 30.0 Å². The van der Waals surface area contributed by atoms with Crippen molar-refractivity contribution in [3.63, 3.8) is 0 Å². The number of fused-ring (bicyclic) bond motifs is 1. The van der Waals surface area contributed by atoms with Crippen LogP contribution < -0.4 is 10.6 Å². The predicted molar refractivity (Wildman–Crippen MR) is 95.5 cm³/mol. The molecule has 3 nitrogen and oxygen atoms in total. The number of hydrogen-bond acceptors (Lipinski definition) is 1. The summed E-state index contributed by atoms with van der Waals surface area (Å²) in [7, 11) is 0. The highest BCUT2D eigenvalue weighted by Gasteiger charge is 2.10. The minimum absolute atomic E-state index is 0. The van der Waals surface area contributed by atoms with Crippen LogP contribution in [0.4, 0.5) is 0 Å². The molecule has 2 rings (SSSR count). The summed E-state index contributed by atoms with van der Waals surface area (Å²) in [5.41, 5.74) is 4.26. The van der Waals surface area contributed by atoms with Gasteiger partial charge in [0.2, 0.25) is 0 Å². The molecule has 0 atom stereocenters. The molecule has 0 saturated heterocycles. The first-order valence-corrected chi connectivity index (χ1v) is 6.89. The Balaban J connectivity index is 0.00000200. The lowest BCUT2D eigenvalue weighted by atomic mass is 10.1. The maximum atomic E-state index is 5.25. The number of benzene rings is 1. The molecule has 1 aromatic rings. The largest absolute Gasteiger partial charge is 0.357 e. The summed E-state index contributed by atoms with van der Waals surface area (Å²) in [5.74, 6) is 3.34. The molecule has 1 aromatic carbocycles. The Labute approximate surface area is 138 Å². The second-order valence-electron chi connectivity index (χ2n) is 4.71. The van der Waals surface area contributed by atoms with E-state index in [1.165, 1.54) is 36.0 Å². The second-order valence-corrected chi connectivity index (χ2v) is 4.71. The third-order valence-corrected chi connectivity index (χ3v) is 3.28. The van der Waals surface area contributed by atoms with Crippen LogP contribution in [0.25, 0.3) is 0 Å². The molecule has 0 aliphatic heterocycles. The smallest absolute Gasteiger partial charge is 0.192 e. The van der Waals surface area contributed by atoms with Gasteiger partial charge >= 0.3 is 0 Å². The van der Waals surface area contributed by atoms with Crippen LogP contribution >= 0.6 is 24.0 Å². The van der Waals surface area contributed by atoms with Gasteiger partial charge in [-0.15, -0.1) is 30.4 Å². The van der Waals surface area contributed by atoms with Gasteiger partial charge in [-0.2, -0.15) is 0 Å². The number of aryl methyl sites for hydroxylation is 2. The van der Waals surface area contributed by atoms with Crippen LogP contribution in [-0.2, 0) is 19.4 Å². The minimum Gasteiger partial charge on any atom is -0.357 e. The van der Waals surface area contributed by atoms with Crippen molar-refractivity contribution in [1.82, 2.24) is 10.6 Å². The molecule has 1 aliphatic carbocycles. The molecule has 1 aliphatic rings. The van der Waals surface area contributed by atoms with E-state index >= 15 is 0 Å². The topological polar surface area (TPSA) is 36.4 Å². The van der Waals surface area contributed by atoms with E-state index in [4.69, 9.17) is 6.42 Å². The van der Waals surface area contributed by atoms with Gasteiger partial charge < -0.3 is 10.6 Å². The lowest BCUT2D eigenvalue weighted by Crippen LogP contribution is -2.37. The molecule has 0 heterocycles. The quantitative estimate of drug-likeness (QED) is 0.363. The molecule has 20 heavy (non-hydrogen) atoms. The second kappa shape index (κ2) is 8.85. The molecule has 0 spiro atoms. The van der Waals surface area contributed by atoms with Crippen molar-refractivity contribution >= 4 is 29.9 Å². The fraction of sp³-hybridized carbons (Fsp3) is 0.438. The summed E-state index contributed by atoms with van der Waals surface area (Å²) in [6, 6.07) is 6.71. The van der Waals surface area contributed by atoms with E-state index in [0.717, 1.165) is 12.5 Å². The fourth-order valence-corrected chi connectivity index (χ4v) is 2.37. The normalized spacial score (nSPS) is 13.1. The fourth-order valence-electron chi connectivity index (χ4n) is 2.37. The molecule has 4 heteroatoms. The van der Waals surface area contributed by atoms with E-state index in [-0.39, 0.29) is 24.0 Å². The summed E-state index contributed by atoms with van der Waals surface area (Å²) >= 11 is 0. The molecular formula is C16H22IN3. The van der Waals surface area contributed by atoms with Gasteiger partial charge in [0.25, 0.3) is 0 Å². The van der Waals surface area contributed by atoms with E-state index in [1.807, 2.05) is 6.92 Å². The lowest BCUT2D eigenvalue weighted by molar-refractivity contribution is 0.864. The SMILES string of the molecule is C#CCNC(=NCc1ccc2c(c1)CCC2)NCC.I. The van der Waals surface area contributed by atoms with Crippen molar-refractivity contribution in [2.75, 3.05) is 13.1 Å². The van der Waals surface area contributed by atoms with E-state index in [1.54, 1.807) is 0 Å². The summed E-state index contributed by atoms with van der Waals surface area (Å²) < 4.78 is 0. The third kappa shape index (κ3) is 4.71. The van der Waals surface area contributed by atoms with E-state index in [9.17, 15) is 0 Å². The summed E-state index contributed by atoms with van der Waals surface area (Å²) in [4.78, 5) is 4.55. The van der Waals surface area contributed by atoms with Crippen molar-refractivity contribution < 1.29 is 0 Å². The van der Waals surface area contributed by atoms with E-state index in [0.29, 0.717) is 13.1 Å². The van der Waals surface area contributed by atoms with Crippen LogP contribution in [0.2, 0.25) is 0 Å². The van der Waals surface area contributed by atoms with Crippen LogP contribution in [0.15, 0.2) is 23.2 Å². The number of nitrogens with one attached hydrogen (secondary N) is 2. The van der Waals surface area contributed by atoms with Crippen molar-refractivity contribution in [3.05, 3.63) is 34.9 Å². The molecule has 0 saturated carbocycles. The van der Waals surface area contributed by atoms with Gasteiger partial charge in [-0.25, -0.2) is 4.99 Å². The monoisotopic (exact) mass is 383 g/mol. The number of aliphatic imine (C=N–C) groups is 1. The lowest BCUT2D eigenvalue weighted by Gasteiger charge is -2.09. The minimum atomic E-state index is 0. The van der Waals surface area contributed by atoms with Crippen LogP contribution in [0.5, 0.6) is 0 Å².